The van der Waals surface area contributed by atoms with Gasteiger partial charge in [0.2, 0.25) is 0 Å². The molecular formula is C11H8NO2Y-. The number of nitrogens with zero attached hydrogens (tertiary/aromatic N) is 1. The molecule has 0 fully saturated rings. The van der Waals surface area contributed by atoms with Crippen LogP contribution in [0.2, 0.25) is 0 Å². The van der Waals surface area contributed by atoms with E-state index in [1.807, 2.05) is 0 Å². The van der Waals surface area contributed by atoms with Gasteiger partial charge in [0.05, 0.1) is 0 Å². The fourth-order valence-electron chi connectivity index (χ4n) is 1.42. The van der Waals surface area contributed by atoms with Gasteiger partial charge in [-0.3, -0.25) is 4.98 Å². The van der Waals surface area contributed by atoms with Gasteiger partial charge in [0.25, 0.3) is 0 Å². The van der Waals surface area contributed by atoms with E-state index < -0.39 is 5.97 Å². The van der Waals surface area contributed by atoms with Gasteiger partial charge in [0.1, 0.15) is 0 Å². The SMILES string of the molecule is Cc1cc(C(=O)O)c2c[c-]ccc2n1.[Y]. The zero-order valence-electron chi connectivity index (χ0n) is 8.19. The van der Waals surface area contributed by atoms with E-state index in [2.05, 4.69) is 11.1 Å². The number of benzene rings is 1. The molecule has 0 spiro atoms. The summed E-state index contributed by atoms with van der Waals surface area (Å²) in [7, 11) is 0. The van der Waals surface area contributed by atoms with E-state index in [4.69, 9.17) is 5.11 Å². The first-order valence-electron chi connectivity index (χ1n) is 4.19. The number of hydrogen-bond acceptors (Lipinski definition) is 2. The van der Waals surface area contributed by atoms with Gasteiger partial charge in [0.15, 0.2) is 0 Å². The molecule has 1 N–H and O–H groups in total. The average Bonchev–Trinajstić information content (AvgIpc) is 2.16. The predicted molar refractivity (Wildman–Crippen MR) is 52.3 cm³/mol. The Hall–Kier alpha value is -0.796. The van der Waals surface area contributed by atoms with Gasteiger partial charge in [-0.15, -0.1) is 6.07 Å². The standard InChI is InChI=1S/C11H8NO2.Y/c1-7-6-9(11(13)14)8-4-2-3-5-10(8)12-7;/h3-6H,1H3,(H,13,14);/q-1;. The van der Waals surface area contributed by atoms with Crippen molar-refractivity contribution in [1.29, 1.82) is 0 Å². The number of carboxylic acid groups (broad SMARTS) is 1. The van der Waals surface area contributed by atoms with Crippen LogP contribution in [-0.2, 0) is 32.7 Å². The van der Waals surface area contributed by atoms with Crippen LogP contribution in [0.15, 0.2) is 24.3 Å². The zero-order valence-corrected chi connectivity index (χ0v) is 11.0. The molecule has 2 rings (SSSR count). The number of aromatic nitrogens is 1. The Balaban J connectivity index is 0.00000112. The molecule has 1 heterocycles. The molecule has 0 aliphatic carbocycles. The van der Waals surface area contributed by atoms with Gasteiger partial charge < -0.3 is 5.11 Å². The summed E-state index contributed by atoms with van der Waals surface area (Å²) in [5, 5.41) is 9.60. The van der Waals surface area contributed by atoms with Crippen LogP contribution in [0.3, 0.4) is 0 Å². The fraction of sp³-hybridized carbons (Fsp3) is 0.0909. The molecule has 3 nitrogen and oxygen atoms in total. The molecule has 0 atom stereocenters. The van der Waals surface area contributed by atoms with E-state index in [9.17, 15) is 4.79 Å². The summed E-state index contributed by atoms with van der Waals surface area (Å²) >= 11 is 0. The van der Waals surface area contributed by atoms with Crippen LogP contribution in [0.25, 0.3) is 10.9 Å². The van der Waals surface area contributed by atoms with Gasteiger partial charge in [-0.05, 0) is 18.5 Å². The molecule has 0 unspecified atom stereocenters. The Morgan fingerprint density at radius 1 is 1.53 bits per heavy atom. The number of hydrogen-bond donors (Lipinski definition) is 1. The van der Waals surface area contributed by atoms with E-state index >= 15 is 0 Å². The van der Waals surface area contributed by atoms with Crippen molar-refractivity contribution in [3.63, 3.8) is 0 Å². The van der Waals surface area contributed by atoms with Crippen molar-refractivity contribution < 1.29 is 42.6 Å². The Morgan fingerprint density at radius 2 is 2.27 bits per heavy atom. The van der Waals surface area contributed by atoms with E-state index in [0.29, 0.717) is 16.6 Å². The van der Waals surface area contributed by atoms with Gasteiger partial charge in [-0.2, -0.15) is 18.2 Å². The Morgan fingerprint density at radius 3 is 2.93 bits per heavy atom. The maximum atomic E-state index is 10.9. The second-order valence-electron chi connectivity index (χ2n) is 3.06. The average molecular weight is 275 g/mol. The first-order chi connectivity index (χ1) is 6.68. The van der Waals surface area contributed by atoms with E-state index in [1.54, 1.807) is 31.2 Å². The summed E-state index contributed by atoms with van der Waals surface area (Å²) in [6, 6.07) is 9.54. The van der Waals surface area contributed by atoms with Gasteiger partial charge >= 0.3 is 5.97 Å². The molecule has 73 valence electrons. The summed E-state index contributed by atoms with van der Waals surface area (Å²) in [5.74, 6) is -0.930. The molecule has 4 heteroatoms. The molecule has 1 aromatic heterocycles. The van der Waals surface area contributed by atoms with Crippen LogP contribution < -0.4 is 0 Å². The van der Waals surface area contributed by atoms with Gasteiger partial charge in [-0.25, -0.2) is 4.79 Å². The van der Waals surface area contributed by atoms with Crippen molar-refractivity contribution in [2.24, 2.45) is 0 Å². The first kappa shape index (κ1) is 12.3. The number of aromatic carboxylic acids is 1. The number of carbonyl (C=O) groups is 1. The van der Waals surface area contributed by atoms with Crippen molar-refractivity contribution in [3.8, 4) is 0 Å². The van der Waals surface area contributed by atoms with Crippen molar-refractivity contribution in [3.05, 3.63) is 41.6 Å². The van der Waals surface area contributed by atoms with Crippen LogP contribution in [-0.4, -0.2) is 16.1 Å². The zero-order chi connectivity index (χ0) is 10.1. The monoisotopic (exact) mass is 275 g/mol. The molecule has 1 radical (unpaired) electrons. The van der Waals surface area contributed by atoms with Crippen LogP contribution in [0.5, 0.6) is 0 Å². The summed E-state index contributed by atoms with van der Waals surface area (Å²) in [6.07, 6.45) is 0. The third kappa shape index (κ3) is 2.41. The van der Waals surface area contributed by atoms with Crippen molar-refractivity contribution in [2.45, 2.75) is 6.92 Å². The smallest absolute Gasteiger partial charge is 0.323 e. The van der Waals surface area contributed by atoms with Crippen LogP contribution in [0.4, 0.5) is 0 Å². The van der Waals surface area contributed by atoms with E-state index in [1.165, 1.54) is 0 Å². The normalized spacial score (nSPS) is 9.67. The minimum absolute atomic E-state index is 0. The minimum atomic E-state index is -0.930. The Kier molecular flexibility index (Phi) is 3.94. The fourth-order valence-corrected chi connectivity index (χ4v) is 1.42. The third-order valence-corrected chi connectivity index (χ3v) is 2.01. The number of rotatable bonds is 1. The summed E-state index contributed by atoms with van der Waals surface area (Å²) in [4.78, 5) is 15.2. The van der Waals surface area contributed by atoms with Crippen LogP contribution in [0.1, 0.15) is 16.1 Å². The summed E-state index contributed by atoms with van der Waals surface area (Å²) in [6.45, 7) is 1.78. The molecule has 0 saturated carbocycles. The molecular weight excluding hydrogens is 267 g/mol. The van der Waals surface area contributed by atoms with Crippen LogP contribution in [0, 0.1) is 13.0 Å². The maximum absolute atomic E-state index is 10.9. The second-order valence-corrected chi connectivity index (χ2v) is 3.06. The summed E-state index contributed by atoms with van der Waals surface area (Å²) < 4.78 is 0. The van der Waals surface area contributed by atoms with Gasteiger partial charge in [-0.1, -0.05) is 5.39 Å². The molecule has 0 bridgehead atoms. The van der Waals surface area contributed by atoms with Crippen LogP contribution >= 0.6 is 0 Å². The second kappa shape index (κ2) is 4.82. The molecule has 0 amide bonds. The molecule has 0 aliphatic rings. The van der Waals surface area contributed by atoms with Crippen molar-refractivity contribution in [2.75, 3.05) is 0 Å². The maximum Gasteiger partial charge on any atom is 0.323 e. The van der Waals surface area contributed by atoms with Gasteiger partial charge in [0, 0.05) is 44.0 Å². The topological polar surface area (TPSA) is 50.2 Å². The molecule has 15 heavy (non-hydrogen) atoms. The minimum Gasteiger partial charge on any atom is -0.478 e. The Labute approximate surface area is 112 Å². The first-order valence-corrected chi connectivity index (χ1v) is 4.19. The predicted octanol–water partition coefficient (Wildman–Crippen LogP) is 2.04. The quantitative estimate of drug-likeness (QED) is 0.810. The largest absolute Gasteiger partial charge is 0.478 e. The molecule has 0 aliphatic heterocycles. The van der Waals surface area contributed by atoms with E-state index in [-0.39, 0.29) is 38.3 Å². The van der Waals surface area contributed by atoms with Crippen molar-refractivity contribution >= 4 is 16.9 Å². The Bertz CT molecular complexity index is 511. The third-order valence-electron chi connectivity index (χ3n) is 2.01. The molecule has 1 aromatic carbocycles. The molecule has 0 saturated heterocycles. The van der Waals surface area contributed by atoms with Crippen molar-refractivity contribution in [1.82, 2.24) is 4.98 Å². The van der Waals surface area contributed by atoms with E-state index in [0.717, 1.165) is 0 Å². The number of fused-ring (bicyclic) bond motifs is 1. The number of aryl methyl sites for hydroxylation is 1. The number of pyridine rings is 1. The molecule has 2 aromatic rings. The summed E-state index contributed by atoms with van der Waals surface area (Å²) in [5.41, 5.74) is 1.69. The number of carboxylic acids is 1.